The highest BCUT2D eigenvalue weighted by molar-refractivity contribution is 7.10. The van der Waals surface area contributed by atoms with Gasteiger partial charge in [-0.3, -0.25) is 9.69 Å². The average Bonchev–Trinajstić information content (AvgIpc) is 3.38. The molecule has 206 valence electrons. The fourth-order valence-corrected chi connectivity index (χ4v) is 6.31. The number of carbonyl (C=O) groups is 2. The molecule has 5 rings (SSSR count). The number of benzene rings is 2. The Hall–Kier alpha value is -3.37. The summed E-state index contributed by atoms with van der Waals surface area (Å²) in [6.07, 6.45) is -3.58. The molecule has 2 aliphatic rings. The number of thiophene rings is 1. The third-order valence-electron chi connectivity index (χ3n) is 7.48. The van der Waals surface area contributed by atoms with E-state index >= 15 is 0 Å². The van der Waals surface area contributed by atoms with Gasteiger partial charge in [-0.15, -0.1) is 11.3 Å². The first-order valence-electron chi connectivity index (χ1n) is 13.0. The van der Waals surface area contributed by atoms with Crippen LogP contribution in [-0.2, 0) is 17.4 Å². The molecule has 2 aliphatic heterocycles. The van der Waals surface area contributed by atoms with Crippen molar-refractivity contribution in [2.75, 3.05) is 38.0 Å². The van der Waals surface area contributed by atoms with Crippen LogP contribution in [0, 0.1) is 6.92 Å². The summed E-state index contributed by atoms with van der Waals surface area (Å²) < 4.78 is 39.1. The van der Waals surface area contributed by atoms with Gasteiger partial charge in [-0.25, -0.2) is 4.79 Å². The molecule has 1 fully saturated rings. The largest absolute Gasteiger partial charge is 0.416 e. The van der Waals surface area contributed by atoms with E-state index in [9.17, 15) is 22.8 Å². The number of amides is 3. The Morgan fingerprint density at radius 2 is 1.82 bits per heavy atom. The first-order valence-corrected chi connectivity index (χ1v) is 13.9. The molecule has 3 amide bonds. The van der Waals surface area contributed by atoms with Crippen LogP contribution in [0.4, 0.5) is 23.7 Å². The van der Waals surface area contributed by atoms with Crippen molar-refractivity contribution in [1.82, 2.24) is 14.7 Å². The van der Waals surface area contributed by atoms with Gasteiger partial charge < -0.3 is 15.1 Å². The molecule has 0 spiro atoms. The number of aryl methyl sites for hydroxylation is 1. The molecule has 0 aliphatic carbocycles. The maximum absolute atomic E-state index is 13.5. The van der Waals surface area contributed by atoms with Crippen LogP contribution >= 0.6 is 11.3 Å². The number of nitrogens with one attached hydrogen (secondary N) is 1. The van der Waals surface area contributed by atoms with Crippen LogP contribution in [0.15, 0.2) is 60.0 Å². The van der Waals surface area contributed by atoms with Gasteiger partial charge in [-0.05, 0) is 61.0 Å². The van der Waals surface area contributed by atoms with E-state index in [2.05, 4.69) is 52.9 Å². The zero-order valence-electron chi connectivity index (χ0n) is 21.9. The Kier molecular flexibility index (Phi) is 7.68. The SMILES string of the molecule is Cc1ccc([C@@H]2c3ccsc3CCN2CC(=O)N2CCN(C(=O)Nc3cccc(C(F)(F)F)c3)[C@@H](C)C2)cc1. The summed E-state index contributed by atoms with van der Waals surface area (Å²) in [4.78, 5) is 33.3. The lowest BCUT2D eigenvalue weighted by Gasteiger charge is -2.41. The molecule has 3 heterocycles. The highest BCUT2D eigenvalue weighted by Gasteiger charge is 2.35. The Bertz CT molecular complexity index is 1340. The van der Waals surface area contributed by atoms with Crippen molar-refractivity contribution in [3.05, 3.63) is 87.1 Å². The van der Waals surface area contributed by atoms with E-state index in [1.54, 1.807) is 21.1 Å². The van der Waals surface area contributed by atoms with Crippen molar-refractivity contribution in [1.29, 1.82) is 0 Å². The molecule has 0 radical (unpaired) electrons. The number of fused-ring (bicyclic) bond motifs is 1. The number of anilines is 1. The topological polar surface area (TPSA) is 55.9 Å². The predicted octanol–water partition coefficient (Wildman–Crippen LogP) is 5.79. The molecule has 6 nitrogen and oxygen atoms in total. The Balaban J connectivity index is 1.22. The van der Waals surface area contributed by atoms with Gasteiger partial charge in [0.15, 0.2) is 0 Å². The molecule has 1 aromatic heterocycles. The van der Waals surface area contributed by atoms with Crippen LogP contribution in [0.1, 0.15) is 40.1 Å². The lowest BCUT2D eigenvalue weighted by molar-refractivity contribution is -0.137. The molecule has 0 unspecified atom stereocenters. The number of hydrogen-bond acceptors (Lipinski definition) is 4. The molecule has 1 saturated heterocycles. The maximum atomic E-state index is 13.5. The van der Waals surface area contributed by atoms with Crippen LogP contribution in [0.25, 0.3) is 0 Å². The number of urea groups is 1. The van der Waals surface area contributed by atoms with E-state index in [0.717, 1.165) is 30.7 Å². The van der Waals surface area contributed by atoms with E-state index < -0.39 is 17.8 Å². The Morgan fingerprint density at radius 3 is 2.54 bits per heavy atom. The van der Waals surface area contributed by atoms with Gasteiger partial charge in [-0.2, -0.15) is 13.2 Å². The fourth-order valence-electron chi connectivity index (χ4n) is 5.41. The summed E-state index contributed by atoms with van der Waals surface area (Å²) in [6, 6.07) is 14.5. The van der Waals surface area contributed by atoms with E-state index in [1.165, 1.54) is 28.1 Å². The molecule has 1 N–H and O–H groups in total. The van der Waals surface area contributed by atoms with E-state index in [0.29, 0.717) is 19.6 Å². The quantitative estimate of drug-likeness (QED) is 0.443. The monoisotopic (exact) mass is 556 g/mol. The smallest absolute Gasteiger partial charge is 0.338 e. The predicted molar refractivity (Wildman–Crippen MR) is 146 cm³/mol. The van der Waals surface area contributed by atoms with Gasteiger partial charge in [-0.1, -0.05) is 35.9 Å². The minimum atomic E-state index is -4.49. The number of piperazine rings is 1. The van der Waals surface area contributed by atoms with E-state index in [-0.39, 0.29) is 30.2 Å². The molecule has 2 aromatic carbocycles. The standard InChI is InChI=1S/C29H31F3N4O2S/c1-19-6-8-21(9-7-19)27-24-11-15-39-25(24)10-12-35(27)18-26(37)34-13-14-36(20(2)17-34)28(38)33-23-5-3-4-22(16-23)29(30,31)32/h3-9,11,15-16,20,27H,10,12-14,17-18H2,1-2H3,(H,33,38)/t20-,27+/m0/s1. The first kappa shape index (κ1) is 27.2. The molecular weight excluding hydrogens is 525 g/mol. The fraction of sp³-hybridized carbons (Fsp3) is 0.379. The van der Waals surface area contributed by atoms with Crippen molar-refractivity contribution in [3.63, 3.8) is 0 Å². The van der Waals surface area contributed by atoms with Crippen molar-refractivity contribution in [2.45, 2.75) is 38.5 Å². The summed E-state index contributed by atoms with van der Waals surface area (Å²) in [6.45, 7) is 5.99. The van der Waals surface area contributed by atoms with E-state index in [4.69, 9.17) is 0 Å². The van der Waals surface area contributed by atoms with Crippen LogP contribution in [0.5, 0.6) is 0 Å². The second-order valence-electron chi connectivity index (χ2n) is 10.2. The zero-order valence-corrected chi connectivity index (χ0v) is 22.7. The van der Waals surface area contributed by atoms with E-state index in [1.807, 2.05) is 6.92 Å². The maximum Gasteiger partial charge on any atom is 0.416 e. The van der Waals surface area contributed by atoms with Crippen molar-refractivity contribution in [2.24, 2.45) is 0 Å². The molecule has 0 saturated carbocycles. The third-order valence-corrected chi connectivity index (χ3v) is 8.48. The Morgan fingerprint density at radius 1 is 1.05 bits per heavy atom. The van der Waals surface area contributed by atoms with Crippen molar-refractivity contribution < 1.29 is 22.8 Å². The van der Waals surface area contributed by atoms with Crippen LogP contribution in [0.2, 0.25) is 0 Å². The molecular formula is C29H31F3N4O2S. The van der Waals surface area contributed by atoms with Crippen LogP contribution in [-0.4, -0.2) is 65.4 Å². The summed E-state index contributed by atoms with van der Waals surface area (Å²) in [5, 5.41) is 4.69. The summed E-state index contributed by atoms with van der Waals surface area (Å²) in [5.74, 6) is 0.00979. The van der Waals surface area contributed by atoms with Gasteiger partial charge in [0.1, 0.15) is 0 Å². The van der Waals surface area contributed by atoms with Gasteiger partial charge in [0.05, 0.1) is 18.2 Å². The van der Waals surface area contributed by atoms with Crippen LogP contribution < -0.4 is 5.32 Å². The average molecular weight is 557 g/mol. The second kappa shape index (κ2) is 11.0. The zero-order chi connectivity index (χ0) is 27.7. The molecule has 3 aromatic rings. The number of carbonyl (C=O) groups excluding carboxylic acids is 2. The minimum Gasteiger partial charge on any atom is -0.338 e. The highest BCUT2D eigenvalue weighted by Crippen LogP contribution is 2.38. The summed E-state index contributed by atoms with van der Waals surface area (Å²) in [7, 11) is 0. The number of nitrogens with zero attached hydrogens (tertiary/aromatic N) is 3. The lowest BCUT2D eigenvalue weighted by atomic mass is 9.92. The van der Waals surface area contributed by atoms with Gasteiger partial charge in [0, 0.05) is 42.8 Å². The minimum absolute atomic E-state index is 0.00979. The summed E-state index contributed by atoms with van der Waals surface area (Å²) in [5.41, 5.74) is 2.87. The second-order valence-corrected chi connectivity index (χ2v) is 11.2. The summed E-state index contributed by atoms with van der Waals surface area (Å²) >= 11 is 1.76. The van der Waals surface area contributed by atoms with Gasteiger partial charge in [0.2, 0.25) is 5.91 Å². The Labute approximate surface area is 230 Å². The van der Waals surface area contributed by atoms with Crippen molar-refractivity contribution >= 4 is 29.0 Å². The van der Waals surface area contributed by atoms with Gasteiger partial charge >= 0.3 is 12.2 Å². The number of halogens is 3. The number of hydrogen-bond donors (Lipinski definition) is 1. The molecule has 10 heteroatoms. The number of alkyl halides is 3. The molecule has 2 atom stereocenters. The molecule has 39 heavy (non-hydrogen) atoms. The lowest BCUT2D eigenvalue weighted by Crippen LogP contribution is -2.58. The van der Waals surface area contributed by atoms with Gasteiger partial charge in [0.25, 0.3) is 0 Å². The first-order chi connectivity index (χ1) is 18.6. The normalized spacial score (nSPS) is 20.0. The third kappa shape index (κ3) is 5.96. The van der Waals surface area contributed by atoms with Crippen LogP contribution in [0.3, 0.4) is 0 Å². The number of rotatable bonds is 4. The molecule has 0 bridgehead atoms. The van der Waals surface area contributed by atoms with Crippen molar-refractivity contribution in [3.8, 4) is 0 Å². The highest BCUT2D eigenvalue weighted by atomic mass is 32.1.